The van der Waals surface area contributed by atoms with E-state index in [1.54, 1.807) is 0 Å². The minimum absolute atomic E-state index is 0.125. The number of carbonyl (C=O) groups is 1. The Balaban J connectivity index is 1.79. The molecular formula is C15H20O2S. The van der Waals surface area contributed by atoms with Gasteiger partial charge in [0, 0.05) is 5.25 Å². The van der Waals surface area contributed by atoms with Gasteiger partial charge in [-0.3, -0.25) is 4.79 Å². The maximum Gasteiger partial charge on any atom is 0.307 e. The minimum atomic E-state index is -0.605. The number of carboxylic acid groups (broad SMARTS) is 1. The van der Waals surface area contributed by atoms with E-state index in [9.17, 15) is 9.90 Å². The molecule has 0 bridgehead atoms. The summed E-state index contributed by atoms with van der Waals surface area (Å²) < 4.78 is 0. The number of aliphatic carboxylic acids is 1. The van der Waals surface area contributed by atoms with Crippen LogP contribution in [0.5, 0.6) is 0 Å². The van der Waals surface area contributed by atoms with Crippen molar-refractivity contribution in [2.75, 3.05) is 5.75 Å². The Morgan fingerprint density at radius 2 is 1.94 bits per heavy atom. The summed E-state index contributed by atoms with van der Waals surface area (Å²) in [6.07, 6.45) is 5.22. The molecule has 2 rings (SSSR count). The van der Waals surface area contributed by atoms with E-state index in [0.29, 0.717) is 5.25 Å². The lowest BCUT2D eigenvalue weighted by atomic mass is 9.89. The second kappa shape index (κ2) is 6.83. The highest BCUT2D eigenvalue weighted by atomic mass is 32.2. The average Bonchev–Trinajstić information content (AvgIpc) is 2.40. The molecule has 1 fully saturated rings. The quantitative estimate of drug-likeness (QED) is 0.882. The first-order valence-electron chi connectivity index (χ1n) is 6.65. The van der Waals surface area contributed by atoms with Gasteiger partial charge in [-0.2, -0.15) is 11.8 Å². The van der Waals surface area contributed by atoms with Crippen LogP contribution in [0.15, 0.2) is 30.3 Å². The molecule has 2 nitrogen and oxygen atoms in total. The summed E-state index contributed by atoms with van der Waals surface area (Å²) in [6, 6.07) is 10.4. The van der Waals surface area contributed by atoms with Crippen LogP contribution in [-0.4, -0.2) is 22.1 Å². The summed E-state index contributed by atoms with van der Waals surface area (Å²) >= 11 is 1.85. The summed E-state index contributed by atoms with van der Waals surface area (Å²) in [4.78, 5) is 11.2. The fraction of sp³-hybridized carbons (Fsp3) is 0.533. The molecule has 1 saturated carbocycles. The van der Waals surface area contributed by atoms with Crippen LogP contribution in [0, 0.1) is 5.92 Å². The molecular weight excluding hydrogens is 244 g/mol. The maximum atomic E-state index is 11.2. The standard InChI is InChI=1S/C15H20O2S/c16-15(17)13-8-4-5-9-14(13)18-11-10-12-6-2-1-3-7-12/h1-3,6-7,13-14H,4-5,8-11H2,(H,16,17)/t13-,14-/m1/s1. The highest BCUT2D eigenvalue weighted by Crippen LogP contribution is 2.33. The molecule has 1 aromatic rings. The van der Waals surface area contributed by atoms with Crippen molar-refractivity contribution < 1.29 is 9.90 Å². The molecule has 2 atom stereocenters. The largest absolute Gasteiger partial charge is 0.481 e. The molecule has 0 spiro atoms. The average molecular weight is 264 g/mol. The van der Waals surface area contributed by atoms with E-state index in [0.717, 1.165) is 31.4 Å². The van der Waals surface area contributed by atoms with Gasteiger partial charge in [-0.1, -0.05) is 43.2 Å². The first kappa shape index (κ1) is 13.5. The van der Waals surface area contributed by atoms with Crippen molar-refractivity contribution in [2.24, 2.45) is 5.92 Å². The van der Waals surface area contributed by atoms with Crippen molar-refractivity contribution in [3.8, 4) is 0 Å². The molecule has 1 aromatic carbocycles. The zero-order valence-corrected chi connectivity index (χ0v) is 11.4. The van der Waals surface area contributed by atoms with Gasteiger partial charge >= 0.3 is 5.97 Å². The number of hydrogen-bond donors (Lipinski definition) is 1. The van der Waals surface area contributed by atoms with Gasteiger partial charge in [-0.25, -0.2) is 0 Å². The number of thioether (sulfide) groups is 1. The third-order valence-electron chi connectivity index (χ3n) is 3.59. The van der Waals surface area contributed by atoms with Gasteiger partial charge in [0.1, 0.15) is 0 Å². The van der Waals surface area contributed by atoms with E-state index >= 15 is 0 Å². The van der Waals surface area contributed by atoms with E-state index in [1.165, 1.54) is 12.0 Å². The van der Waals surface area contributed by atoms with Crippen LogP contribution in [-0.2, 0) is 11.2 Å². The molecule has 98 valence electrons. The second-order valence-corrected chi connectivity index (χ2v) is 6.22. The van der Waals surface area contributed by atoms with E-state index in [2.05, 4.69) is 24.3 Å². The van der Waals surface area contributed by atoms with Gasteiger partial charge in [-0.15, -0.1) is 0 Å². The van der Waals surface area contributed by atoms with E-state index in [-0.39, 0.29) is 5.92 Å². The molecule has 0 amide bonds. The van der Waals surface area contributed by atoms with Crippen LogP contribution in [0.4, 0.5) is 0 Å². The number of hydrogen-bond acceptors (Lipinski definition) is 2. The van der Waals surface area contributed by atoms with E-state index in [1.807, 2.05) is 17.8 Å². The molecule has 0 aliphatic heterocycles. The second-order valence-electron chi connectivity index (χ2n) is 4.87. The third-order valence-corrected chi connectivity index (χ3v) is 5.02. The summed E-state index contributed by atoms with van der Waals surface area (Å²) in [5, 5.41) is 9.53. The van der Waals surface area contributed by atoms with Crippen molar-refractivity contribution >= 4 is 17.7 Å². The Morgan fingerprint density at radius 1 is 1.22 bits per heavy atom. The van der Waals surface area contributed by atoms with Crippen LogP contribution < -0.4 is 0 Å². The van der Waals surface area contributed by atoms with Crippen molar-refractivity contribution in [1.82, 2.24) is 0 Å². The smallest absolute Gasteiger partial charge is 0.307 e. The molecule has 0 unspecified atom stereocenters. The zero-order valence-electron chi connectivity index (χ0n) is 10.5. The molecule has 0 aromatic heterocycles. The third kappa shape index (κ3) is 3.77. The van der Waals surface area contributed by atoms with Gasteiger partial charge < -0.3 is 5.11 Å². The molecule has 1 aliphatic carbocycles. The Morgan fingerprint density at radius 3 is 2.67 bits per heavy atom. The Kier molecular flexibility index (Phi) is 5.12. The van der Waals surface area contributed by atoms with Gasteiger partial charge in [0.25, 0.3) is 0 Å². The molecule has 0 saturated heterocycles. The topological polar surface area (TPSA) is 37.3 Å². The summed E-state index contributed by atoms with van der Waals surface area (Å²) in [7, 11) is 0. The van der Waals surface area contributed by atoms with Crippen LogP contribution in [0.2, 0.25) is 0 Å². The number of rotatable bonds is 5. The first-order chi connectivity index (χ1) is 8.77. The highest BCUT2D eigenvalue weighted by Gasteiger charge is 2.30. The summed E-state index contributed by atoms with van der Waals surface area (Å²) in [6.45, 7) is 0. The maximum absolute atomic E-state index is 11.2. The fourth-order valence-corrected chi connectivity index (χ4v) is 4.03. The monoisotopic (exact) mass is 264 g/mol. The van der Waals surface area contributed by atoms with Crippen LogP contribution >= 0.6 is 11.8 Å². The molecule has 18 heavy (non-hydrogen) atoms. The zero-order chi connectivity index (χ0) is 12.8. The molecule has 3 heteroatoms. The Labute approximate surface area is 113 Å². The molecule has 0 radical (unpaired) electrons. The van der Waals surface area contributed by atoms with Gasteiger partial charge in [-0.05, 0) is 30.6 Å². The van der Waals surface area contributed by atoms with Crippen molar-refractivity contribution in [3.63, 3.8) is 0 Å². The minimum Gasteiger partial charge on any atom is -0.481 e. The Hall–Kier alpha value is -0.960. The van der Waals surface area contributed by atoms with Crippen molar-refractivity contribution in [3.05, 3.63) is 35.9 Å². The van der Waals surface area contributed by atoms with Crippen molar-refractivity contribution in [2.45, 2.75) is 37.4 Å². The van der Waals surface area contributed by atoms with E-state index < -0.39 is 5.97 Å². The van der Waals surface area contributed by atoms with Gasteiger partial charge in [0.05, 0.1) is 5.92 Å². The predicted octanol–water partition coefficient (Wildman–Crippen LogP) is 3.61. The first-order valence-corrected chi connectivity index (χ1v) is 7.70. The SMILES string of the molecule is O=C(O)[C@@H]1CCCC[C@H]1SCCc1ccccc1. The van der Waals surface area contributed by atoms with Gasteiger partial charge in [0.15, 0.2) is 0 Å². The number of aryl methyl sites for hydroxylation is 1. The highest BCUT2D eigenvalue weighted by molar-refractivity contribution is 7.99. The van der Waals surface area contributed by atoms with Crippen LogP contribution in [0.25, 0.3) is 0 Å². The number of carboxylic acids is 1. The van der Waals surface area contributed by atoms with Crippen LogP contribution in [0.3, 0.4) is 0 Å². The van der Waals surface area contributed by atoms with Crippen molar-refractivity contribution in [1.29, 1.82) is 0 Å². The van der Waals surface area contributed by atoms with E-state index in [4.69, 9.17) is 0 Å². The molecule has 1 N–H and O–H groups in total. The fourth-order valence-electron chi connectivity index (χ4n) is 2.55. The lowest BCUT2D eigenvalue weighted by molar-refractivity contribution is -0.142. The lowest BCUT2D eigenvalue weighted by Gasteiger charge is -2.27. The molecule has 1 aliphatic rings. The molecule has 0 heterocycles. The predicted molar refractivity (Wildman–Crippen MR) is 76.0 cm³/mol. The number of benzene rings is 1. The van der Waals surface area contributed by atoms with Crippen LogP contribution in [0.1, 0.15) is 31.2 Å². The normalized spacial score (nSPS) is 23.8. The summed E-state index contributed by atoms with van der Waals surface area (Å²) in [5.74, 6) is 0.296. The Bertz CT molecular complexity index is 377. The summed E-state index contributed by atoms with van der Waals surface area (Å²) in [5.41, 5.74) is 1.34. The van der Waals surface area contributed by atoms with Gasteiger partial charge in [0.2, 0.25) is 0 Å². The lowest BCUT2D eigenvalue weighted by Crippen LogP contribution is -2.29.